The quantitative estimate of drug-likeness (QED) is 0.655. The normalized spacial score (nSPS) is 21.0. The molecular formula is C8H15N3O2S. The molecule has 0 bridgehead atoms. The summed E-state index contributed by atoms with van der Waals surface area (Å²) in [4.78, 5) is 0. The van der Waals surface area contributed by atoms with E-state index in [1.807, 2.05) is 0 Å². The minimum absolute atomic E-state index is 0.0172. The number of hydrogen-bond acceptors (Lipinski definition) is 3. The highest BCUT2D eigenvalue weighted by atomic mass is 32.2. The Balaban J connectivity index is 2.64. The molecule has 0 aromatic heterocycles. The van der Waals surface area contributed by atoms with Crippen molar-refractivity contribution in [2.45, 2.75) is 12.8 Å². The van der Waals surface area contributed by atoms with Crippen LogP contribution in [-0.4, -0.2) is 44.2 Å². The van der Waals surface area contributed by atoms with Gasteiger partial charge in [0.2, 0.25) is 0 Å². The molecule has 6 heteroatoms. The molecule has 0 aromatic rings. The summed E-state index contributed by atoms with van der Waals surface area (Å²) < 4.78 is 25.9. The fraction of sp³-hybridized carbons (Fsp3) is 0.875. The lowest BCUT2D eigenvalue weighted by atomic mass is 10.0. The average Bonchev–Trinajstić information content (AvgIpc) is 2.17. The van der Waals surface area contributed by atoms with Crippen LogP contribution in [0.2, 0.25) is 0 Å². The first-order valence-electron chi connectivity index (χ1n) is 4.55. The van der Waals surface area contributed by atoms with E-state index in [4.69, 9.17) is 5.26 Å². The Morgan fingerprint density at radius 3 is 2.21 bits per heavy atom. The van der Waals surface area contributed by atoms with Crippen molar-refractivity contribution in [2.24, 2.45) is 5.92 Å². The molecule has 0 aliphatic carbocycles. The molecule has 14 heavy (non-hydrogen) atoms. The number of nitriles is 1. The maximum atomic E-state index is 11.6. The van der Waals surface area contributed by atoms with Crippen molar-refractivity contribution in [3.05, 3.63) is 0 Å². The summed E-state index contributed by atoms with van der Waals surface area (Å²) in [5.74, 6) is 0.0172. The molecule has 0 amide bonds. The van der Waals surface area contributed by atoms with Crippen LogP contribution in [-0.2, 0) is 10.2 Å². The van der Waals surface area contributed by atoms with E-state index in [1.165, 1.54) is 22.7 Å². The smallest absolute Gasteiger partial charge is 0.198 e. The third-order valence-electron chi connectivity index (χ3n) is 2.42. The van der Waals surface area contributed by atoms with Gasteiger partial charge in [-0.25, -0.2) is 0 Å². The van der Waals surface area contributed by atoms with E-state index in [0.29, 0.717) is 25.9 Å². The number of nitrogens with zero attached hydrogens (tertiary/aromatic N) is 3. The van der Waals surface area contributed by atoms with Crippen molar-refractivity contribution in [3.8, 4) is 6.07 Å². The second kappa shape index (κ2) is 4.26. The van der Waals surface area contributed by atoms with Crippen LogP contribution in [0.15, 0.2) is 0 Å². The van der Waals surface area contributed by atoms with Gasteiger partial charge in [0.15, 0.2) is 0 Å². The predicted molar refractivity (Wildman–Crippen MR) is 52.5 cm³/mol. The van der Waals surface area contributed by atoms with Crippen molar-refractivity contribution in [1.82, 2.24) is 8.61 Å². The van der Waals surface area contributed by atoms with Gasteiger partial charge in [-0.3, -0.25) is 0 Å². The van der Waals surface area contributed by atoms with Crippen LogP contribution in [0.5, 0.6) is 0 Å². The molecular weight excluding hydrogens is 202 g/mol. The third-order valence-corrected chi connectivity index (χ3v) is 4.36. The Kier molecular flexibility index (Phi) is 3.48. The highest BCUT2D eigenvalue weighted by Gasteiger charge is 2.29. The minimum atomic E-state index is -3.27. The average molecular weight is 217 g/mol. The standard InChI is InChI=1S/C8H15N3O2S/c1-10(2)14(12,13)11-5-3-8(7-9)4-6-11/h8H,3-6H2,1-2H3. The van der Waals surface area contributed by atoms with Gasteiger partial charge < -0.3 is 0 Å². The Bertz CT molecular complexity index is 323. The van der Waals surface area contributed by atoms with Crippen molar-refractivity contribution < 1.29 is 8.42 Å². The topological polar surface area (TPSA) is 64.4 Å². The molecule has 0 atom stereocenters. The van der Waals surface area contributed by atoms with E-state index in [0.717, 1.165) is 0 Å². The summed E-state index contributed by atoms with van der Waals surface area (Å²) in [5, 5.41) is 8.66. The van der Waals surface area contributed by atoms with Crippen molar-refractivity contribution in [3.63, 3.8) is 0 Å². The van der Waals surface area contributed by atoms with E-state index in [2.05, 4.69) is 6.07 Å². The first kappa shape index (κ1) is 11.4. The molecule has 0 unspecified atom stereocenters. The SMILES string of the molecule is CN(C)S(=O)(=O)N1CCC(C#N)CC1. The highest BCUT2D eigenvalue weighted by molar-refractivity contribution is 7.86. The van der Waals surface area contributed by atoms with Gasteiger partial charge in [-0.15, -0.1) is 0 Å². The Hall–Kier alpha value is -0.640. The maximum absolute atomic E-state index is 11.6. The summed E-state index contributed by atoms with van der Waals surface area (Å²) in [7, 11) is -0.235. The van der Waals surface area contributed by atoms with Gasteiger partial charge in [0, 0.05) is 33.1 Å². The monoisotopic (exact) mass is 217 g/mol. The molecule has 0 aromatic carbocycles. The summed E-state index contributed by atoms with van der Waals surface area (Å²) >= 11 is 0. The molecule has 0 radical (unpaired) electrons. The lowest BCUT2D eigenvalue weighted by molar-refractivity contribution is 0.294. The lowest BCUT2D eigenvalue weighted by Gasteiger charge is -2.30. The molecule has 1 aliphatic rings. The van der Waals surface area contributed by atoms with Gasteiger partial charge in [0.05, 0.1) is 6.07 Å². The lowest BCUT2D eigenvalue weighted by Crippen LogP contribution is -2.44. The molecule has 1 heterocycles. The van der Waals surface area contributed by atoms with Crippen LogP contribution >= 0.6 is 0 Å². The second-order valence-electron chi connectivity index (χ2n) is 3.59. The number of rotatable bonds is 2. The zero-order valence-electron chi connectivity index (χ0n) is 8.47. The van der Waals surface area contributed by atoms with Gasteiger partial charge in [0.1, 0.15) is 0 Å². The predicted octanol–water partition coefficient (Wildman–Crippen LogP) is 0.0284. The van der Waals surface area contributed by atoms with Crippen molar-refractivity contribution in [2.75, 3.05) is 27.2 Å². The van der Waals surface area contributed by atoms with Crippen LogP contribution in [0.1, 0.15) is 12.8 Å². The second-order valence-corrected chi connectivity index (χ2v) is 5.73. The third kappa shape index (κ3) is 2.23. The van der Waals surface area contributed by atoms with Gasteiger partial charge in [-0.05, 0) is 12.8 Å². The minimum Gasteiger partial charge on any atom is -0.198 e. The largest absolute Gasteiger partial charge is 0.281 e. The van der Waals surface area contributed by atoms with Gasteiger partial charge in [-0.1, -0.05) is 0 Å². The molecule has 1 aliphatic heterocycles. The molecule has 1 fully saturated rings. The van der Waals surface area contributed by atoms with Crippen LogP contribution in [0.25, 0.3) is 0 Å². The zero-order valence-corrected chi connectivity index (χ0v) is 9.29. The number of piperidine rings is 1. The Morgan fingerprint density at radius 1 is 1.36 bits per heavy atom. The summed E-state index contributed by atoms with van der Waals surface area (Å²) in [6.07, 6.45) is 1.28. The molecule has 0 N–H and O–H groups in total. The van der Waals surface area contributed by atoms with E-state index < -0.39 is 10.2 Å². The highest BCUT2D eigenvalue weighted by Crippen LogP contribution is 2.19. The van der Waals surface area contributed by atoms with Crippen LogP contribution in [0.3, 0.4) is 0 Å². The molecule has 0 spiro atoms. The molecule has 0 saturated carbocycles. The first-order chi connectivity index (χ1) is 6.48. The van der Waals surface area contributed by atoms with Crippen molar-refractivity contribution in [1.29, 1.82) is 5.26 Å². The van der Waals surface area contributed by atoms with E-state index in [-0.39, 0.29) is 5.92 Å². The van der Waals surface area contributed by atoms with Gasteiger partial charge in [0.25, 0.3) is 10.2 Å². The molecule has 80 valence electrons. The molecule has 5 nitrogen and oxygen atoms in total. The van der Waals surface area contributed by atoms with Crippen molar-refractivity contribution >= 4 is 10.2 Å². The van der Waals surface area contributed by atoms with Gasteiger partial charge >= 0.3 is 0 Å². The van der Waals surface area contributed by atoms with Crippen LogP contribution < -0.4 is 0 Å². The van der Waals surface area contributed by atoms with Crippen LogP contribution in [0, 0.1) is 17.2 Å². The molecule has 1 rings (SSSR count). The van der Waals surface area contributed by atoms with E-state index in [9.17, 15) is 8.42 Å². The Labute approximate surface area is 85.1 Å². The van der Waals surface area contributed by atoms with Gasteiger partial charge in [-0.2, -0.15) is 22.3 Å². The zero-order chi connectivity index (χ0) is 10.8. The number of hydrogen-bond donors (Lipinski definition) is 0. The summed E-state index contributed by atoms with van der Waals surface area (Å²) in [6, 6.07) is 2.17. The van der Waals surface area contributed by atoms with E-state index in [1.54, 1.807) is 0 Å². The fourth-order valence-corrected chi connectivity index (χ4v) is 2.58. The van der Waals surface area contributed by atoms with E-state index >= 15 is 0 Å². The molecule has 1 saturated heterocycles. The maximum Gasteiger partial charge on any atom is 0.281 e. The summed E-state index contributed by atoms with van der Waals surface area (Å²) in [6.45, 7) is 0.914. The fourth-order valence-electron chi connectivity index (χ4n) is 1.45. The first-order valence-corrected chi connectivity index (χ1v) is 5.95. The summed E-state index contributed by atoms with van der Waals surface area (Å²) in [5.41, 5.74) is 0. The van der Waals surface area contributed by atoms with Crippen LogP contribution in [0.4, 0.5) is 0 Å². The Morgan fingerprint density at radius 2 is 1.86 bits per heavy atom.